The molecule has 1 heterocycles. The van der Waals surface area contributed by atoms with E-state index in [1.54, 1.807) is 0 Å². The number of aromatic nitrogens is 2. The predicted octanol–water partition coefficient (Wildman–Crippen LogP) is 2.18. The summed E-state index contributed by atoms with van der Waals surface area (Å²) in [7, 11) is 3.90. The SMILES string of the molecule is CCc1ccc2cn(C)nc2c1NC. The fraction of sp³-hybridized carbons (Fsp3) is 0.364. The number of nitrogens with zero attached hydrogens (tertiary/aromatic N) is 2. The Kier molecular flexibility index (Phi) is 2.15. The number of hydrogen-bond donors (Lipinski definition) is 1. The molecule has 1 aromatic carbocycles. The van der Waals surface area contributed by atoms with E-state index in [1.165, 1.54) is 10.9 Å². The minimum absolute atomic E-state index is 1.03. The van der Waals surface area contributed by atoms with Gasteiger partial charge in [0.25, 0.3) is 0 Å². The van der Waals surface area contributed by atoms with E-state index < -0.39 is 0 Å². The van der Waals surface area contributed by atoms with Gasteiger partial charge in [0.2, 0.25) is 0 Å². The third kappa shape index (κ3) is 1.25. The van der Waals surface area contributed by atoms with Crippen molar-refractivity contribution in [2.24, 2.45) is 7.05 Å². The molecule has 0 aliphatic rings. The molecule has 0 saturated heterocycles. The van der Waals surface area contributed by atoms with E-state index in [2.05, 4.69) is 29.5 Å². The van der Waals surface area contributed by atoms with Crippen LogP contribution in [0, 0.1) is 0 Å². The summed E-state index contributed by atoms with van der Waals surface area (Å²) in [6.07, 6.45) is 3.07. The van der Waals surface area contributed by atoms with Gasteiger partial charge in [0.05, 0.1) is 5.69 Å². The molecule has 0 bridgehead atoms. The second-order valence-electron chi connectivity index (χ2n) is 3.44. The van der Waals surface area contributed by atoms with Gasteiger partial charge in [-0.1, -0.05) is 19.1 Å². The van der Waals surface area contributed by atoms with E-state index in [-0.39, 0.29) is 0 Å². The summed E-state index contributed by atoms with van der Waals surface area (Å²) in [6, 6.07) is 4.29. The van der Waals surface area contributed by atoms with Crippen LogP contribution in [0.1, 0.15) is 12.5 Å². The standard InChI is InChI=1S/C11H15N3/c1-4-8-5-6-9-7-14(3)13-11(9)10(8)12-2/h5-7,12H,4H2,1-3H3. The Balaban J connectivity index is 2.75. The molecule has 3 heteroatoms. The molecule has 0 saturated carbocycles. The first kappa shape index (κ1) is 9.06. The minimum atomic E-state index is 1.03. The van der Waals surface area contributed by atoms with Crippen LogP contribution in [0.25, 0.3) is 10.9 Å². The van der Waals surface area contributed by atoms with Crippen molar-refractivity contribution in [1.82, 2.24) is 9.78 Å². The van der Waals surface area contributed by atoms with E-state index in [0.717, 1.165) is 17.6 Å². The lowest BCUT2D eigenvalue weighted by molar-refractivity contribution is 0.780. The first-order valence-electron chi connectivity index (χ1n) is 4.89. The highest BCUT2D eigenvalue weighted by atomic mass is 15.2. The summed E-state index contributed by atoms with van der Waals surface area (Å²) in [5.41, 5.74) is 3.54. The van der Waals surface area contributed by atoms with Crippen LogP contribution in [0.5, 0.6) is 0 Å². The Labute approximate surface area is 83.7 Å². The van der Waals surface area contributed by atoms with Crippen molar-refractivity contribution in [3.8, 4) is 0 Å². The van der Waals surface area contributed by atoms with Gasteiger partial charge in [0.15, 0.2) is 0 Å². The van der Waals surface area contributed by atoms with Crippen molar-refractivity contribution >= 4 is 16.6 Å². The summed E-state index contributed by atoms with van der Waals surface area (Å²) in [6.45, 7) is 2.16. The van der Waals surface area contributed by atoms with Gasteiger partial charge in [0.1, 0.15) is 5.52 Å². The van der Waals surface area contributed by atoms with Crippen LogP contribution < -0.4 is 5.32 Å². The van der Waals surface area contributed by atoms with Gasteiger partial charge in [-0.3, -0.25) is 4.68 Å². The van der Waals surface area contributed by atoms with Gasteiger partial charge in [0, 0.05) is 25.7 Å². The van der Waals surface area contributed by atoms with Crippen LogP contribution in [0.3, 0.4) is 0 Å². The van der Waals surface area contributed by atoms with Crippen molar-refractivity contribution in [1.29, 1.82) is 0 Å². The van der Waals surface area contributed by atoms with Crippen LogP contribution >= 0.6 is 0 Å². The predicted molar refractivity (Wildman–Crippen MR) is 59.6 cm³/mol. The monoisotopic (exact) mass is 189 g/mol. The lowest BCUT2D eigenvalue weighted by atomic mass is 10.1. The highest BCUT2D eigenvalue weighted by Crippen LogP contribution is 2.25. The molecule has 0 aliphatic heterocycles. The number of rotatable bonds is 2. The zero-order chi connectivity index (χ0) is 10.1. The Bertz CT molecular complexity index is 457. The second-order valence-corrected chi connectivity index (χ2v) is 3.44. The molecule has 0 amide bonds. The molecule has 0 atom stereocenters. The summed E-state index contributed by atoms with van der Waals surface area (Å²) in [5, 5.41) is 8.86. The number of nitrogens with one attached hydrogen (secondary N) is 1. The van der Waals surface area contributed by atoms with Gasteiger partial charge in [-0.25, -0.2) is 0 Å². The number of hydrogen-bond acceptors (Lipinski definition) is 2. The second kappa shape index (κ2) is 3.33. The molecule has 0 fully saturated rings. The third-order valence-corrected chi connectivity index (χ3v) is 2.51. The fourth-order valence-electron chi connectivity index (χ4n) is 1.82. The van der Waals surface area contributed by atoms with Crippen LogP contribution in [0.2, 0.25) is 0 Å². The fourth-order valence-corrected chi connectivity index (χ4v) is 1.82. The summed E-state index contributed by atoms with van der Waals surface area (Å²) >= 11 is 0. The molecule has 14 heavy (non-hydrogen) atoms. The quantitative estimate of drug-likeness (QED) is 0.784. The first-order chi connectivity index (χ1) is 6.76. The highest BCUT2D eigenvalue weighted by molar-refractivity contribution is 5.91. The maximum atomic E-state index is 4.45. The number of aryl methyl sites for hydroxylation is 2. The van der Waals surface area contributed by atoms with Crippen LogP contribution in [0.15, 0.2) is 18.3 Å². The summed E-state index contributed by atoms with van der Waals surface area (Å²) in [4.78, 5) is 0. The molecule has 74 valence electrons. The maximum Gasteiger partial charge on any atom is 0.116 e. The molecule has 2 aromatic rings. The van der Waals surface area contributed by atoms with Crippen molar-refractivity contribution in [3.05, 3.63) is 23.9 Å². The van der Waals surface area contributed by atoms with Crippen molar-refractivity contribution in [3.63, 3.8) is 0 Å². The van der Waals surface area contributed by atoms with Gasteiger partial charge < -0.3 is 5.32 Å². The number of anilines is 1. The number of fused-ring (bicyclic) bond motifs is 1. The van der Waals surface area contributed by atoms with Crippen molar-refractivity contribution in [2.45, 2.75) is 13.3 Å². The molecule has 0 radical (unpaired) electrons. The zero-order valence-corrected chi connectivity index (χ0v) is 8.83. The summed E-state index contributed by atoms with van der Waals surface area (Å²) in [5.74, 6) is 0. The Morgan fingerprint density at radius 2 is 2.21 bits per heavy atom. The third-order valence-electron chi connectivity index (χ3n) is 2.51. The first-order valence-corrected chi connectivity index (χ1v) is 4.89. The molecule has 0 spiro atoms. The Hall–Kier alpha value is -1.51. The normalized spacial score (nSPS) is 10.8. The van der Waals surface area contributed by atoms with Crippen LogP contribution in [-0.2, 0) is 13.5 Å². The Morgan fingerprint density at radius 3 is 2.86 bits per heavy atom. The van der Waals surface area contributed by atoms with Gasteiger partial charge in [-0.05, 0) is 12.0 Å². The molecule has 0 unspecified atom stereocenters. The van der Waals surface area contributed by atoms with Gasteiger partial charge >= 0.3 is 0 Å². The van der Waals surface area contributed by atoms with Crippen molar-refractivity contribution in [2.75, 3.05) is 12.4 Å². The topological polar surface area (TPSA) is 29.9 Å². The molecule has 3 nitrogen and oxygen atoms in total. The molecule has 2 rings (SSSR count). The number of benzene rings is 1. The molecular formula is C11H15N3. The lowest BCUT2D eigenvalue weighted by Gasteiger charge is -2.06. The lowest BCUT2D eigenvalue weighted by Crippen LogP contribution is -1.96. The zero-order valence-electron chi connectivity index (χ0n) is 8.83. The molecule has 0 aliphatic carbocycles. The van der Waals surface area contributed by atoms with E-state index in [4.69, 9.17) is 0 Å². The van der Waals surface area contributed by atoms with Gasteiger partial charge in [-0.2, -0.15) is 5.10 Å². The van der Waals surface area contributed by atoms with E-state index >= 15 is 0 Å². The maximum absolute atomic E-state index is 4.45. The van der Waals surface area contributed by atoms with E-state index in [0.29, 0.717) is 0 Å². The van der Waals surface area contributed by atoms with Gasteiger partial charge in [-0.15, -0.1) is 0 Å². The largest absolute Gasteiger partial charge is 0.386 e. The minimum Gasteiger partial charge on any atom is -0.386 e. The van der Waals surface area contributed by atoms with E-state index in [1.807, 2.05) is 25.0 Å². The van der Waals surface area contributed by atoms with Crippen LogP contribution in [-0.4, -0.2) is 16.8 Å². The van der Waals surface area contributed by atoms with E-state index in [9.17, 15) is 0 Å². The molecule has 1 aromatic heterocycles. The molecular weight excluding hydrogens is 174 g/mol. The van der Waals surface area contributed by atoms with Crippen molar-refractivity contribution < 1.29 is 0 Å². The smallest absolute Gasteiger partial charge is 0.116 e. The highest BCUT2D eigenvalue weighted by Gasteiger charge is 2.07. The Morgan fingerprint density at radius 1 is 1.43 bits per heavy atom. The average Bonchev–Trinajstić information content (AvgIpc) is 2.56. The summed E-state index contributed by atoms with van der Waals surface area (Å²) < 4.78 is 1.85. The molecule has 1 N–H and O–H groups in total. The average molecular weight is 189 g/mol. The van der Waals surface area contributed by atoms with Crippen LogP contribution in [0.4, 0.5) is 5.69 Å².